The lowest BCUT2D eigenvalue weighted by atomic mass is 10.2. The lowest BCUT2D eigenvalue weighted by Gasteiger charge is -2.08. The fourth-order valence-corrected chi connectivity index (χ4v) is 1.23. The van der Waals surface area contributed by atoms with Crippen molar-refractivity contribution >= 4 is 9.84 Å². The fraction of sp³-hybridized carbons (Fsp3) is 0.200. The largest absolute Gasteiger partial charge is 0.573 e. The van der Waals surface area contributed by atoms with E-state index in [4.69, 9.17) is 0 Å². The molecular formula is C10H7F3O3S. The molecule has 17 heavy (non-hydrogen) atoms. The number of hydrogen-bond acceptors (Lipinski definition) is 3. The van der Waals surface area contributed by atoms with Crippen molar-refractivity contribution in [3.8, 4) is 16.9 Å². The summed E-state index contributed by atoms with van der Waals surface area (Å²) < 4.78 is 60.8. The highest BCUT2D eigenvalue weighted by Gasteiger charge is 2.30. The van der Waals surface area contributed by atoms with Crippen LogP contribution in [-0.2, 0) is 9.84 Å². The lowest BCUT2D eigenvalue weighted by Crippen LogP contribution is -2.17. The molecule has 0 aromatic heterocycles. The maximum Gasteiger partial charge on any atom is 0.573 e. The van der Waals surface area contributed by atoms with E-state index in [1.54, 1.807) is 0 Å². The summed E-state index contributed by atoms with van der Waals surface area (Å²) >= 11 is 0. The summed E-state index contributed by atoms with van der Waals surface area (Å²) in [4.78, 5) is 0. The molecule has 1 aromatic rings. The third kappa shape index (κ3) is 5.82. The predicted molar refractivity (Wildman–Crippen MR) is 54.8 cm³/mol. The van der Waals surface area contributed by atoms with Crippen LogP contribution in [0.4, 0.5) is 13.2 Å². The normalized spacial score (nSPS) is 11.5. The van der Waals surface area contributed by atoms with Gasteiger partial charge in [0.05, 0.1) is 6.26 Å². The Balaban J connectivity index is 2.97. The number of rotatable bonds is 1. The summed E-state index contributed by atoms with van der Waals surface area (Å²) in [5.74, 6) is 1.78. The summed E-state index contributed by atoms with van der Waals surface area (Å²) in [6, 6.07) is 4.76. The van der Waals surface area contributed by atoms with E-state index in [1.165, 1.54) is 12.1 Å². The quantitative estimate of drug-likeness (QED) is 0.728. The molecule has 1 rings (SSSR count). The minimum atomic E-state index is -4.79. The number of halogens is 3. The second-order valence-electron chi connectivity index (χ2n) is 3.07. The maximum absolute atomic E-state index is 11.9. The number of hydrogen-bond donors (Lipinski definition) is 0. The van der Waals surface area contributed by atoms with Crippen LogP contribution in [-0.4, -0.2) is 21.0 Å². The van der Waals surface area contributed by atoms with Gasteiger partial charge in [-0.1, -0.05) is 6.07 Å². The molecule has 1 aromatic carbocycles. The van der Waals surface area contributed by atoms with E-state index in [9.17, 15) is 21.6 Å². The second kappa shape index (κ2) is 4.67. The van der Waals surface area contributed by atoms with Crippen LogP contribution >= 0.6 is 0 Å². The van der Waals surface area contributed by atoms with Crippen molar-refractivity contribution in [2.45, 2.75) is 6.36 Å². The zero-order valence-corrected chi connectivity index (χ0v) is 9.39. The van der Waals surface area contributed by atoms with E-state index in [-0.39, 0.29) is 5.56 Å². The second-order valence-corrected chi connectivity index (χ2v) is 4.82. The smallest absolute Gasteiger partial charge is 0.406 e. The summed E-state index contributed by atoms with van der Waals surface area (Å²) in [6.45, 7) is 0. The van der Waals surface area contributed by atoms with Gasteiger partial charge >= 0.3 is 6.36 Å². The van der Waals surface area contributed by atoms with E-state index in [0.717, 1.165) is 18.4 Å². The highest BCUT2D eigenvalue weighted by Crippen LogP contribution is 2.22. The molecule has 0 unspecified atom stereocenters. The third-order valence-electron chi connectivity index (χ3n) is 1.45. The van der Waals surface area contributed by atoms with Gasteiger partial charge in [0, 0.05) is 10.8 Å². The first-order valence-electron chi connectivity index (χ1n) is 4.24. The Kier molecular flexibility index (Phi) is 3.68. The Bertz CT molecular complexity index is 564. The Morgan fingerprint density at radius 2 is 1.94 bits per heavy atom. The van der Waals surface area contributed by atoms with E-state index >= 15 is 0 Å². The maximum atomic E-state index is 11.9. The fourth-order valence-electron chi connectivity index (χ4n) is 0.923. The van der Waals surface area contributed by atoms with Crippen molar-refractivity contribution in [2.75, 3.05) is 6.26 Å². The van der Waals surface area contributed by atoms with E-state index in [0.29, 0.717) is 0 Å². The van der Waals surface area contributed by atoms with E-state index < -0.39 is 21.9 Å². The van der Waals surface area contributed by atoms with Crippen LogP contribution in [0.15, 0.2) is 24.3 Å². The van der Waals surface area contributed by atoms with Crippen LogP contribution in [0.1, 0.15) is 5.56 Å². The molecule has 0 aliphatic carbocycles. The molecule has 0 saturated heterocycles. The minimum Gasteiger partial charge on any atom is -0.406 e. The Hall–Kier alpha value is -1.68. The van der Waals surface area contributed by atoms with Gasteiger partial charge in [0.2, 0.25) is 9.84 Å². The van der Waals surface area contributed by atoms with Gasteiger partial charge < -0.3 is 4.74 Å². The summed E-state index contributed by atoms with van der Waals surface area (Å²) in [6.07, 6.45) is -3.89. The van der Waals surface area contributed by atoms with Gasteiger partial charge in [-0.2, -0.15) is 0 Å². The van der Waals surface area contributed by atoms with Gasteiger partial charge in [0.15, 0.2) is 0 Å². The molecule has 0 heterocycles. The van der Waals surface area contributed by atoms with Crippen LogP contribution in [0, 0.1) is 11.2 Å². The Morgan fingerprint density at radius 1 is 1.29 bits per heavy atom. The molecule has 7 heteroatoms. The SMILES string of the molecule is CS(=O)(=O)C#Cc1cccc(OC(F)(F)F)c1. The van der Waals surface area contributed by atoms with Crippen LogP contribution in [0.5, 0.6) is 5.75 Å². The van der Waals surface area contributed by atoms with Gasteiger partial charge in [-0.3, -0.25) is 0 Å². The topological polar surface area (TPSA) is 43.4 Å². The molecule has 0 atom stereocenters. The van der Waals surface area contributed by atoms with Crippen molar-refractivity contribution in [3.63, 3.8) is 0 Å². The standard InChI is InChI=1S/C10H7F3O3S/c1-17(14,15)6-5-8-3-2-4-9(7-8)16-10(11,12)13/h2-4,7H,1H3. The van der Waals surface area contributed by atoms with Crippen molar-refractivity contribution in [1.82, 2.24) is 0 Å². The molecule has 0 radical (unpaired) electrons. The van der Waals surface area contributed by atoms with Gasteiger partial charge in [-0.05, 0) is 24.1 Å². The number of benzene rings is 1. The zero-order valence-electron chi connectivity index (χ0n) is 8.58. The first-order chi connectivity index (χ1) is 7.66. The van der Waals surface area contributed by atoms with E-state index in [1.807, 2.05) is 5.25 Å². The van der Waals surface area contributed by atoms with Crippen LogP contribution < -0.4 is 4.74 Å². The number of sulfone groups is 1. The molecule has 0 aliphatic rings. The van der Waals surface area contributed by atoms with Crippen molar-refractivity contribution < 1.29 is 26.3 Å². The minimum absolute atomic E-state index is 0.122. The molecule has 92 valence electrons. The van der Waals surface area contributed by atoms with Gasteiger partial charge in [0.1, 0.15) is 5.75 Å². The van der Waals surface area contributed by atoms with E-state index in [2.05, 4.69) is 10.7 Å². The van der Waals surface area contributed by atoms with Gasteiger partial charge in [0.25, 0.3) is 0 Å². The zero-order chi connectivity index (χ0) is 13.1. The summed E-state index contributed by atoms with van der Waals surface area (Å²) in [7, 11) is -3.49. The van der Waals surface area contributed by atoms with Crippen LogP contribution in [0.2, 0.25) is 0 Å². The molecule has 3 nitrogen and oxygen atoms in total. The first kappa shape index (κ1) is 13.4. The molecule has 0 aliphatic heterocycles. The molecule has 0 spiro atoms. The third-order valence-corrected chi connectivity index (χ3v) is 1.92. The highest BCUT2D eigenvalue weighted by atomic mass is 32.2. The van der Waals surface area contributed by atoms with Gasteiger partial charge in [-0.25, -0.2) is 8.42 Å². The van der Waals surface area contributed by atoms with Crippen molar-refractivity contribution in [1.29, 1.82) is 0 Å². The van der Waals surface area contributed by atoms with Gasteiger partial charge in [-0.15, -0.1) is 13.2 Å². The summed E-state index contributed by atoms with van der Waals surface area (Å²) in [5, 5.41) is 1.91. The molecule has 0 amide bonds. The molecule has 0 bridgehead atoms. The average Bonchev–Trinajstić information content (AvgIpc) is 2.11. The van der Waals surface area contributed by atoms with Crippen molar-refractivity contribution in [2.24, 2.45) is 0 Å². The number of alkyl halides is 3. The monoisotopic (exact) mass is 264 g/mol. The number of ether oxygens (including phenoxy) is 1. The molecular weight excluding hydrogens is 257 g/mol. The predicted octanol–water partition coefficient (Wildman–Crippen LogP) is 1.94. The Labute approximate surface area is 96.1 Å². The molecule has 0 saturated carbocycles. The van der Waals surface area contributed by atoms with Crippen molar-refractivity contribution in [3.05, 3.63) is 29.8 Å². The summed E-state index contributed by atoms with van der Waals surface area (Å²) in [5.41, 5.74) is 0.122. The molecule has 0 fully saturated rings. The van der Waals surface area contributed by atoms with Crippen LogP contribution in [0.3, 0.4) is 0 Å². The highest BCUT2D eigenvalue weighted by molar-refractivity contribution is 7.95. The lowest BCUT2D eigenvalue weighted by molar-refractivity contribution is -0.274. The Morgan fingerprint density at radius 3 is 2.47 bits per heavy atom. The van der Waals surface area contributed by atoms with Crippen LogP contribution in [0.25, 0.3) is 0 Å². The average molecular weight is 264 g/mol. The molecule has 0 N–H and O–H groups in total. The first-order valence-corrected chi connectivity index (χ1v) is 6.13.